The standard InChI is InChI=1S/C17H16O/c1-12-16-6-4-3-5-14(16)11-17(12)13-7-9-15(18-2)10-8-13/h3-10,17H,1,11H2,2H3. The molecule has 3 rings (SSSR count). The molecule has 90 valence electrons. The van der Waals surface area contributed by atoms with E-state index in [0.717, 1.165) is 12.2 Å². The quantitative estimate of drug-likeness (QED) is 0.764. The summed E-state index contributed by atoms with van der Waals surface area (Å²) in [7, 11) is 1.69. The van der Waals surface area contributed by atoms with Crippen LogP contribution in [0.5, 0.6) is 5.75 Å². The molecule has 0 aliphatic heterocycles. The van der Waals surface area contributed by atoms with Crippen LogP contribution in [0, 0.1) is 0 Å². The maximum absolute atomic E-state index is 5.20. The van der Waals surface area contributed by atoms with Gasteiger partial charge in [-0.05, 0) is 40.8 Å². The third-order valence-electron chi connectivity index (χ3n) is 3.73. The number of fused-ring (bicyclic) bond motifs is 1. The number of hydrogen-bond donors (Lipinski definition) is 0. The van der Waals surface area contributed by atoms with Gasteiger partial charge in [-0.1, -0.05) is 43.0 Å². The fourth-order valence-corrected chi connectivity index (χ4v) is 2.70. The Morgan fingerprint density at radius 2 is 1.78 bits per heavy atom. The van der Waals surface area contributed by atoms with Gasteiger partial charge in [0, 0.05) is 5.92 Å². The summed E-state index contributed by atoms with van der Waals surface area (Å²) in [4.78, 5) is 0. The highest BCUT2D eigenvalue weighted by atomic mass is 16.5. The van der Waals surface area contributed by atoms with E-state index in [1.807, 2.05) is 12.1 Å². The first-order valence-electron chi connectivity index (χ1n) is 6.20. The van der Waals surface area contributed by atoms with Gasteiger partial charge in [0.25, 0.3) is 0 Å². The van der Waals surface area contributed by atoms with Crippen LogP contribution >= 0.6 is 0 Å². The summed E-state index contributed by atoms with van der Waals surface area (Å²) in [6, 6.07) is 16.9. The summed E-state index contributed by atoms with van der Waals surface area (Å²) in [6.45, 7) is 4.26. The van der Waals surface area contributed by atoms with Gasteiger partial charge in [-0.2, -0.15) is 0 Å². The Bertz CT molecular complexity index is 581. The van der Waals surface area contributed by atoms with Crippen LogP contribution in [0.15, 0.2) is 55.1 Å². The average Bonchev–Trinajstić information content (AvgIpc) is 2.77. The van der Waals surface area contributed by atoms with E-state index in [2.05, 4.69) is 43.0 Å². The molecule has 18 heavy (non-hydrogen) atoms. The number of rotatable bonds is 2. The van der Waals surface area contributed by atoms with Crippen molar-refractivity contribution in [3.63, 3.8) is 0 Å². The Kier molecular flexibility index (Phi) is 2.67. The molecule has 0 fully saturated rings. The van der Waals surface area contributed by atoms with Gasteiger partial charge in [0.1, 0.15) is 5.75 Å². The molecule has 1 nitrogen and oxygen atoms in total. The second-order valence-electron chi connectivity index (χ2n) is 4.71. The largest absolute Gasteiger partial charge is 0.497 e. The van der Waals surface area contributed by atoms with Crippen molar-refractivity contribution in [1.29, 1.82) is 0 Å². The van der Waals surface area contributed by atoms with Crippen LogP contribution in [0.25, 0.3) is 5.57 Å². The van der Waals surface area contributed by atoms with E-state index >= 15 is 0 Å². The Labute approximate surface area is 108 Å². The van der Waals surface area contributed by atoms with Gasteiger partial charge in [0.15, 0.2) is 0 Å². The van der Waals surface area contributed by atoms with Crippen LogP contribution in [0.2, 0.25) is 0 Å². The fourth-order valence-electron chi connectivity index (χ4n) is 2.70. The topological polar surface area (TPSA) is 9.23 Å². The molecule has 0 spiro atoms. The Morgan fingerprint density at radius 1 is 1.06 bits per heavy atom. The van der Waals surface area contributed by atoms with Crippen LogP contribution in [0.1, 0.15) is 22.6 Å². The Hall–Kier alpha value is -2.02. The third-order valence-corrected chi connectivity index (χ3v) is 3.73. The Balaban J connectivity index is 1.93. The molecule has 1 aliphatic rings. The summed E-state index contributed by atoms with van der Waals surface area (Å²) in [5.74, 6) is 1.31. The first-order chi connectivity index (χ1) is 8.79. The van der Waals surface area contributed by atoms with Crippen molar-refractivity contribution in [1.82, 2.24) is 0 Å². The van der Waals surface area contributed by atoms with Gasteiger partial charge in [-0.3, -0.25) is 0 Å². The molecule has 0 heterocycles. The molecule has 0 saturated heterocycles. The highest BCUT2D eigenvalue weighted by molar-refractivity contribution is 5.76. The normalized spacial score (nSPS) is 17.6. The molecule has 0 radical (unpaired) electrons. The molecule has 1 heteroatoms. The number of allylic oxidation sites excluding steroid dienone is 1. The molecule has 2 aromatic rings. The van der Waals surface area contributed by atoms with Gasteiger partial charge < -0.3 is 4.74 Å². The number of methoxy groups -OCH3 is 1. The fraction of sp³-hybridized carbons (Fsp3) is 0.176. The van der Waals surface area contributed by atoms with Gasteiger partial charge in [-0.25, -0.2) is 0 Å². The van der Waals surface area contributed by atoms with E-state index in [-0.39, 0.29) is 0 Å². The van der Waals surface area contributed by atoms with E-state index in [1.54, 1.807) is 7.11 Å². The Morgan fingerprint density at radius 3 is 2.44 bits per heavy atom. The molecule has 0 bridgehead atoms. The van der Waals surface area contributed by atoms with Crippen LogP contribution in [-0.4, -0.2) is 7.11 Å². The van der Waals surface area contributed by atoms with Crippen molar-refractivity contribution in [2.75, 3.05) is 7.11 Å². The molecular formula is C17H16O. The smallest absolute Gasteiger partial charge is 0.118 e. The molecule has 1 atom stereocenters. The van der Waals surface area contributed by atoms with Gasteiger partial charge >= 0.3 is 0 Å². The maximum Gasteiger partial charge on any atom is 0.118 e. The van der Waals surface area contributed by atoms with E-state index < -0.39 is 0 Å². The van der Waals surface area contributed by atoms with E-state index in [9.17, 15) is 0 Å². The number of ether oxygens (including phenoxy) is 1. The zero-order valence-corrected chi connectivity index (χ0v) is 10.5. The molecule has 0 saturated carbocycles. The van der Waals surface area contributed by atoms with Crippen molar-refractivity contribution in [2.24, 2.45) is 0 Å². The first kappa shape index (κ1) is 11.1. The van der Waals surface area contributed by atoms with E-state index in [1.165, 1.54) is 22.3 Å². The number of hydrogen-bond acceptors (Lipinski definition) is 1. The predicted octanol–water partition coefficient (Wildman–Crippen LogP) is 4.05. The predicted molar refractivity (Wildman–Crippen MR) is 74.9 cm³/mol. The van der Waals surface area contributed by atoms with E-state index in [0.29, 0.717) is 5.92 Å². The molecule has 1 unspecified atom stereocenters. The third kappa shape index (κ3) is 1.72. The maximum atomic E-state index is 5.20. The minimum atomic E-state index is 0.410. The van der Waals surface area contributed by atoms with Crippen LogP contribution in [0.4, 0.5) is 0 Å². The van der Waals surface area contributed by atoms with Crippen molar-refractivity contribution in [3.05, 3.63) is 71.8 Å². The number of benzene rings is 2. The summed E-state index contributed by atoms with van der Waals surface area (Å²) in [5.41, 5.74) is 5.27. The van der Waals surface area contributed by atoms with Crippen molar-refractivity contribution in [2.45, 2.75) is 12.3 Å². The zero-order valence-electron chi connectivity index (χ0n) is 10.5. The highest BCUT2D eigenvalue weighted by Crippen LogP contribution is 2.42. The molecule has 2 aromatic carbocycles. The molecule has 0 amide bonds. The first-order valence-corrected chi connectivity index (χ1v) is 6.20. The lowest BCUT2D eigenvalue weighted by atomic mass is 9.93. The highest BCUT2D eigenvalue weighted by Gasteiger charge is 2.25. The van der Waals surface area contributed by atoms with Gasteiger partial charge in [0.2, 0.25) is 0 Å². The minimum Gasteiger partial charge on any atom is -0.497 e. The van der Waals surface area contributed by atoms with Gasteiger partial charge in [0.05, 0.1) is 7.11 Å². The second-order valence-corrected chi connectivity index (χ2v) is 4.71. The average molecular weight is 236 g/mol. The summed E-state index contributed by atoms with van der Waals surface area (Å²) in [6.07, 6.45) is 1.06. The SMILES string of the molecule is C=C1c2ccccc2CC1c1ccc(OC)cc1. The second kappa shape index (κ2) is 4.34. The monoisotopic (exact) mass is 236 g/mol. The van der Waals surface area contributed by atoms with Crippen molar-refractivity contribution >= 4 is 5.57 Å². The lowest BCUT2D eigenvalue weighted by molar-refractivity contribution is 0.414. The van der Waals surface area contributed by atoms with Crippen molar-refractivity contribution < 1.29 is 4.74 Å². The van der Waals surface area contributed by atoms with Crippen molar-refractivity contribution in [3.8, 4) is 5.75 Å². The van der Waals surface area contributed by atoms with E-state index in [4.69, 9.17) is 4.74 Å². The lowest BCUT2D eigenvalue weighted by Crippen LogP contribution is -1.96. The lowest BCUT2D eigenvalue weighted by Gasteiger charge is -2.12. The van der Waals surface area contributed by atoms with Crippen LogP contribution in [0.3, 0.4) is 0 Å². The molecule has 0 aromatic heterocycles. The van der Waals surface area contributed by atoms with Crippen LogP contribution < -0.4 is 4.74 Å². The summed E-state index contributed by atoms with van der Waals surface area (Å²) < 4.78 is 5.20. The van der Waals surface area contributed by atoms with Gasteiger partial charge in [-0.15, -0.1) is 0 Å². The minimum absolute atomic E-state index is 0.410. The molecule has 1 aliphatic carbocycles. The summed E-state index contributed by atoms with van der Waals surface area (Å²) >= 11 is 0. The zero-order chi connectivity index (χ0) is 12.5. The molecule has 0 N–H and O–H groups in total. The summed E-state index contributed by atoms with van der Waals surface area (Å²) in [5, 5.41) is 0. The van der Waals surface area contributed by atoms with Crippen LogP contribution in [-0.2, 0) is 6.42 Å². The molecular weight excluding hydrogens is 220 g/mol.